The van der Waals surface area contributed by atoms with Crippen molar-refractivity contribution in [2.75, 3.05) is 18.4 Å². The van der Waals surface area contributed by atoms with Gasteiger partial charge in [0.2, 0.25) is 5.95 Å². The van der Waals surface area contributed by atoms with Crippen LogP contribution in [0.2, 0.25) is 0 Å². The summed E-state index contributed by atoms with van der Waals surface area (Å²) in [5.74, 6) is 0.699. The molecule has 17 heavy (non-hydrogen) atoms. The number of anilines is 1. The molecule has 0 aliphatic carbocycles. The van der Waals surface area contributed by atoms with Crippen LogP contribution >= 0.6 is 11.3 Å². The van der Waals surface area contributed by atoms with Crippen LogP contribution in [0, 0.1) is 0 Å². The summed E-state index contributed by atoms with van der Waals surface area (Å²) in [7, 11) is 0. The SMILES string of the molecule is c1cc(-c2cncs2)nc(NC2CCNC2)n1. The fourth-order valence-electron chi connectivity index (χ4n) is 1.87. The fourth-order valence-corrected chi connectivity index (χ4v) is 2.46. The molecule has 2 aromatic heterocycles. The highest BCUT2D eigenvalue weighted by Gasteiger charge is 2.15. The highest BCUT2D eigenvalue weighted by Crippen LogP contribution is 2.21. The molecule has 3 rings (SSSR count). The smallest absolute Gasteiger partial charge is 0.223 e. The van der Waals surface area contributed by atoms with Crippen LogP contribution in [0.1, 0.15) is 6.42 Å². The number of nitrogens with zero attached hydrogens (tertiary/aromatic N) is 3. The summed E-state index contributed by atoms with van der Waals surface area (Å²) in [6.07, 6.45) is 4.73. The minimum Gasteiger partial charge on any atom is -0.350 e. The Morgan fingerprint density at radius 1 is 1.47 bits per heavy atom. The summed E-state index contributed by atoms with van der Waals surface area (Å²) >= 11 is 1.59. The predicted molar refractivity (Wildman–Crippen MR) is 68.0 cm³/mol. The lowest BCUT2D eigenvalue weighted by atomic mass is 10.3. The van der Waals surface area contributed by atoms with Gasteiger partial charge in [0.15, 0.2) is 0 Å². The van der Waals surface area contributed by atoms with Gasteiger partial charge in [-0.05, 0) is 19.0 Å². The summed E-state index contributed by atoms with van der Waals surface area (Å²) in [5, 5.41) is 6.65. The van der Waals surface area contributed by atoms with Crippen LogP contribution in [0.25, 0.3) is 10.6 Å². The summed E-state index contributed by atoms with van der Waals surface area (Å²) in [6, 6.07) is 2.35. The van der Waals surface area contributed by atoms with Crippen LogP contribution in [0.3, 0.4) is 0 Å². The van der Waals surface area contributed by atoms with Crippen LogP contribution < -0.4 is 10.6 Å². The van der Waals surface area contributed by atoms with Gasteiger partial charge in [0.25, 0.3) is 0 Å². The molecule has 1 unspecified atom stereocenters. The third kappa shape index (κ3) is 2.42. The third-order valence-corrected chi connectivity index (χ3v) is 3.53. The van der Waals surface area contributed by atoms with Crippen molar-refractivity contribution in [2.24, 2.45) is 0 Å². The van der Waals surface area contributed by atoms with Gasteiger partial charge < -0.3 is 10.6 Å². The Morgan fingerprint density at radius 2 is 2.47 bits per heavy atom. The number of hydrogen-bond acceptors (Lipinski definition) is 6. The molecule has 88 valence electrons. The van der Waals surface area contributed by atoms with E-state index in [0.29, 0.717) is 12.0 Å². The molecular formula is C11H13N5S. The molecule has 2 aromatic rings. The van der Waals surface area contributed by atoms with Crippen LogP contribution in [0.5, 0.6) is 0 Å². The second-order valence-electron chi connectivity index (χ2n) is 3.97. The lowest BCUT2D eigenvalue weighted by Gasteiger charge is -2.11. The summed E-state index contributed by atoms with van der Waals surface area (Å²) < 4.78 is 0. The van der Waals surface area contributed by atoms with Gasteiger partial charge in [-0.1, -0.05) is 0 Å². The van der Waals surface area contributed by atoms with E-state index >= 15 is 0 Å². The van der Waals surface area contributed by atoms with E-state index in [1.807, 2.05) is 17.8 Å². The molecule has 0 aromatic carbocycles. The molecule has 6 heteroatoms. The maximum absolute atomic E-state index is 4.50. The van der Waals surface area contributed by atoms with E-state index in [1.165, 1.54) is 0 Å². The maximum Gasteiger partial charge on any atom is 0.223 e. The van der Waals surface area contributed by atoms with Crippen molar-refractivity contribution in [3.8, 4) is 10.6 Å². The average Bonchev–Trinajstić information content (AvgIpc) is 3.01. The van der Waals surface area contributed by atoms with Gasteiger partial charge in [0, 0.05) is 25.0 Å². The molecule has 2 N–H and O–H groups in total. The Kier molecular flexibility index (Phi) is 2.98. The first-order valence-corrected chi connectivity index (χ1v) is 6.49. The molecule has 1 aliphatic rings. The largest absolute Gasteiger partial charge is 0.350 e. The lowest BCUT2D eigenvalue weighted by Crippen LogP contribution is -2.23. The van der Waals surface area contributed by atoms with Gasteiger partial charge in [0.1, 0.15) is 0 Å². The first kappa shape index (κ1) is 10.6. The first-order valence-electron chi connectivity index (χ1n) is 5.61. The molecule has 3 heterocycles. The van der Waals surface area contributed by atoms with Crippen molar-refractivity contribution in [1.29, 1.82) is 0 Å². The van der Waals surface area contributed by atoms with E-state index in [0.717, 1.165) is 30.1 Å². The highest BCUT2D eigenvalue weighted by molar-refractivity contribution is 7.13. The summed E-state index contributed by atoms with van der Waals surface area (Å²) in [4.78, 5) is 13.9. The molecule has 0 saturated carbocycles. The minimum absolute atomic E-state index is 0.437. The van der Waals surface area contributed by atoms with E-state index in [-0.39, 0.29) is 0 Å². The lowest BCUT2D eigenvalue weighted by molar-refractivity contribution is 0.781. The third-order valence-electron chi connectivity index (χ3n) is 2.73. The molecule has 5 nitrogen and oxygen atoms in total. The Bertz CT molecular complexity index is 478. The summed E-state index contributed by atoms with van der Waals surface area (Å²) in [5.41, 5.74) is 2.74. The molecule has 0 bridgehead atoms. The van der Waals surface area contributed by atoms with Crippen molar-refractivity contribution in [2.45, 2.75) is 12.5 Å². The van der Waals surface area contributed by atoms with E-state index in [4.69, 9.17) is 0 Å². The van der Waals surface area contributed by atoms with Gasteiger partial charge in [-0.15, -0.1) is 11.3 Å². The van der Waals surface area contributed by atoms with Gasteiger partial charge in [0.05, 0.1) is 16.1 Å². The van der Waals surface area contributed by atoms with Crippen LogP contribution in [0.15, 0.2) is 24.0 Å². The summed E-state index contributed by atoms with van der Waals surface area (Å²) in [6.45, 7) is 2.04. The molecule has 0 amide bonds. The zero-order valence-electron chi connectivity index (χ0n) is 9.26. The van der Waals surface area contributed by atoms with Gasteiger partial charge in [-0.25, -0.2) is 9.97 Å². The first-order chi connectivity index (χ1) is 8.42. The quantitative estimate of drug-likeness (QED) is 0.858. The second-order valence-corrected chi connectivity index (χ2v) is 4.85. The topological polar surface area (TPSA) is 62.7 Å². The Labute approximate surface area is 103 Å². The molecular weight excluding hydrogens is 234 g/mol. The highest BCUT2D eigenvalue weighted by atomic mass is 32.1. The molecule has 0 spiro atoms. The fraction of sp³-hybridized carbons (Fsp3) is 0.364. The van der Waals surface area contributed by atoms with Crippen LogP contribution in [-0.4, -0.2) is 34.1 Å². The molecule has 1 atom stereocenters. The van der Waals surface area contributed by atoms with Crippen LogP contribution in [-0.2, 0) is 0 Å². The predicted octanol–water partition coefficient (Wildman–Crippen LogP) is 1.37. The zero-order chi connectivity index (χ0) is 11.5. The second kappa shape index (κ2) is 4.77. The Hall–Kier alpha value is -1.53. The molecule has 0 radical (unpaired) electrons. The van der Waals surface area contributed by atoms with Crippen LogP contribution in [0.4, 0.5) is 5.95 Å². The van der Waals surface area contributed by atoms with E-state index in [9.17, 15) is 0 Å². The Balaban J connectivity index is 1.79. The van der Waals surface area contributed by atoms with Crippen molar-refractivity contribution in [3.63, 3.8) is 0 Å². The monoisotopic (exact) mass is 247 g/mol. The minimum atomic E-state index is 0.437. The number of aromatic nitrogens is 3. The van der Waals surface area contributed by atoms with Crippen molar-refractivity contribution in [1.82, 2.24) is 20.3 Å². The van der Waals surface area contributed by atoms with Crippen molar-refractivity contribution in [3.05, 3.63) is 24.0 Å². The van der Waals surface area contributed by atoms with Crippen molar-refractivity contribution < 1.29 is 0 Å². The number of hydrogen-bond donors (Lipinski definition) is 2. The molecule has 1 saturated heterocycles. The number of rotatable bonds is 3. The maximum atomic E-state index is 4.50. The van der Waals surface area contributed by atoms with Gasteiger partial charge in [-0.2, -0.15) is 0 Å². The van der Waals surface area contributed by atoms with Crippen molar-refractivity contribution >= 4 is 17.3 Å². The standard InChI is InChI=1S/C11H13N5S/c1-3-12-5-8(1)15-11-14-4-2-9(16-11)10-6-13-7-17-10/h2,4,6-8,12H,1,3,5H2,(H,14,15,16). The zero-order valence-corrected chi connectivity index (χ0v) is 10.1. The Morgan fingerprint density at radius 3 is 3.24 bits per heavy atom. The number of thiazole rings is 1. The molecule has 1 aliphatic heterocycles. The van der Waals surface area contributed by atoms with E-state index < -0.39 is 0 Å². The number of nitrogens with one attached hydrogen (secondary N) is 2. The van der Waals surface area contributed by atoms with Gasteiger partial charge >= 0.3 is 0 Å². The van der Waals surface area contributed by atoms with Gasteiger partial charge in [-0.3, -0.25) is 4.98 Å². The van der Waals surface area contributed by atoms with E-state index in [1.54, 1.807) is 17.5 Å². The van der Waals surface area contributed by atoms with E-state index in [2.05, 4.69) is 25.6 Å². The molecule has 1 fully saturated rings. The average molecular weight is 247 g/mol. The normalized spacial score (nSPS) is 19.4.